The fourth-order valence-corrected chi connectivity index (χ4v) is 4.09. The predicted molar refractivity (Wildman–Crippen MR) is 103 cm³/mol. The first-order valence-corrected chi connectivity index (χ1v) is 9.67. The lowest BCUT2D eigenvalue weighted by molar-refractivity contribution is -0.120. The number of carbonyl (C=O) groups is 1. The van der Waals surface area contributed by atoms with Crippen molar-refractivity contribution in [1.82, 2.24) is 9.88 Å². The Hall–Kier alpha value is -1.44. The summed E-state index contributed by atoms with van der Waals surface area (Å²) in [7, 11) is 0. The lowest BCUT2D eigenvalue weighted by Gasteiger charge is -2.37. The zero-order chi connectivity index (χ0) is 17.1. The molecule has 5 nitrogen and oxygen atoms in total. The van der Waals surface area contributed by atoms with Gasteiger partial charge in [-0.25, -0.2) is 4.98 Å². The number of aryl methyl sites for hydroxylation is 1. The van der Waals surface area contributed by atoms with Crippen molar-refractivity contribution in [2.45, 2.75) is 19.9 Å². The second-order valence-corrected chi connectivity index (χ2v) is 7.71. The smallest absolute Gasteiger partial charge is 0.241 e. The van der Waals surface area contributed by atoms with Crippen molar-refractivity contribution in [3.05, 3.63) is 39.8 Å². The van der Waals surface area contributed by atoms with Crippen molar-refractivity contribution >= 4 is 44.0 Å². The van der Waals surface area contributed by atoms with Crippen LogP contribution in [0.2, 0.25) is 0 Å². The molecular weight excluding hydrogens is 388 g/mol. The van der Waals surface area contributed by atoms with E-state index in [1.54, 1.807) is 11.3 Å². The first kappa shape index (κ1) is 17.4. The van der Waals surface area contributed by atoms with Gasteiger partial charge in [0.05, 0.1) is 11.7 Å². The van der Waals surface area contributed by atoms with E-state index in [2.05, 4.69) is 36.0 Å². The minimum absolute atomic E-state index is 0.0299. The van der Waals surface area contributed by atoms with Gasteiger partial charge in [-0.05, 0) is 47.5 Å². The summed E-state index contributed by atoms with van der Waals surface area (Å²) in [5, 5.41) is 6.08. The van der Waals surface area contributed by atoms with Crippen LogP contribution < -0.4 is 10.2 Å². The molecule has 3 rings (SSSR count). The van der Waals surface area contributed by atoms with Gasteiger partial charge in [-0.3, -0.25) is 9.69 Å². The van der Waals surface area contributed by atoms with Gasteiger partial charge >= 0.3 is 0 Å². The summed E-state index contributed by atoms with van der Waals surface area (Å²) in [4.78, 5) is 21.4. The highest BCUT2D eigenvalue weighted by atomic mass is 79.9. The van der Waals surface area contributed by atoms with Crippen LogP contribution in [0.4, 0.5) is 10.8 Å². The number of anilines is 2. The zero-order valence-corrected chi connectivity index (χ0v) is 16.2. The van der Waals surface area contributed by atoms with Gasteiger partial charge in [0.25, 0.3) is 0 Å². The molecule has 128 valence electrons. The second kappa shape index (κ2) is 7.63. The Morgan fingerprint density at radius 3 is 2.71 bits per heavy atom. The number of carbonyl (C=O) groups excluding carboxylic acids is 1. The van der Waals surface area contributed by atoms with Crippen molar-refractivity contribution in [3.63, 3.8) is 0 Å². The number of nitrogens with zero attached hydrogens (tertiary/aromatic N) is 3. The van der Waals surface area contributed by atoms with Crippen LogP contribution in [0.25, 0.3) is 0 Å². The molecule has 0 spiro atoms. The Morgan fingerprint density at radius 2 is 2.08 bits per heavy atom. The van der Waals surface area contributed by atoms with Crippen molar-refractivity contribution in [3.8, 4) is 0 Å². The van der Waals surface area contributed by atoms with Crippen molar-refractivity contribution in [2.75, 3.05) is 36.4 Å². The highest BCUT2D eigenvalue weighted by Gasteiger charge is 2.26. The standard InChI is InChI=1S/C17H21BrN4OS/c1-12-3-4-15(14(18)11-12)20-16(23)13(2)21-6-8-22(9-7-21)17-19-5-10-24-17/h3-5,10-11,13H,6-9H2,1-2H3,(H,20,23). The molecule has 1 unspecified atom stereocenters. The van der Waals surface area contributed by atoms with Crippen molar-refractivity contribution < 1.29 is 4.79 Å². The van der Waals surface area contributed by atoms with Crippen LogP contribution in [-0.2, 0) is 4.79 Å². The zero-order valence-electron chi connectivity index (χ0n) is 13.8. The molecule has 0 saturated carbocycles. The molecule has 1 saturated heterocycles. The molecule has 7 heteroatoms. The Labute approximate surface area is 154 Å². The predicted octanol–water partition coefficient (Wildman–Crippen LogP) is 3.36. The minimum Gasteiger partial charge on any atom is -0.346 e. The van der Waals surface area contributed by atoms with E-state index in [4.69, 9.17) is 0 Å². The molecule has 0 radical (unpaired) electrons. The van der Waals surface area contributed by atoms with Crippen LogP contribution in [0.1, 0.15) is 12.5 Å². The maximum atomic E-state index is 12.6. The van der Waals surface area contributed by atoms with Gasteiger partial charge in [0, 0.05) is 42.2 Å². The topological polar surface area (TPSA) is 48.5 Å². The summed E-state index contributed by atoms with van der Waals surface area (Å²) in [6.07, 6.45) is 1.84. The lowest BCUT2D eigenvalue weighted by Crippen LogP contribution is -2.52. The number of halogens is 1. The number of hydrogen-bond acceptors (Lipinski definition) is 5. The quantitative estimate of drug-likeness (QED) is 0.842. The molecule has 1 fully saturated rings. The van der Waals surface area contributed by atoms with Gasteiger partial charge < -0.3 is 10.2 Å². The van der Waals surface area contributed by atoms with E-state index in [1.165, 1.54) is 0 Å². The van der Waals surface area contributed by atoms with Gasteiger partial charge in [0.2, 0.25) is 5.91 Å². The summed E-state index contributed by atoms with van der Waals surface area (Å²) < 4.78 is 0.914. The average Bonchev–Trinajstić information content (AvgIpc) is 3.11. The molecule has 1 atom stereocenters. The lowest BCUT2D eigenvalue weighted by atomic mass is 10.2. The Bertz CT molecular complexity index is 699. The Morgan fingerprint density at radius 1 is 1.33 bits per heavy atom. The van der Waals surface area contributed by atoms with Crippen LogP contribution in [0, 0.1) is 6.92 Å². The van der Waals surface area contributed by atoms with Gasteiger partial charge in [0.15, 0.2) is 5.13 Å². The molecular formula is C17H21BrN4OS. The number of thiazole rings is 1. The Kier molecular flexibility index (Phi) is 5.53. The molecule has 1 aliphatic heterocycles. The highest BCUT2D eigenvalue weighted by Crippen LogP contribution is 2.24. The maximum Gasteiger partial charge on any atom is 0.241 e. The third-order valence-corrected chi connectivity index (χ3v) is 5.80. The molecule has 0 aliphatic carbocycles. The number of hydrogen-bond donors (Lipinski definition) is 1. The fraction of sp³-hybridized carbons (Fsp3) is 0.412. The summed E-state index contributed by atoms with van der Waals surface area (Å²) in [6.45, 7) is 7.53. The normalized spacial score (nSPS) is 16.9. The molecule has 0 bridgehead atoms. The first-order chi connectivity index (χ1) is 11.5. The minimum atomic E-state index is -0.156. The van der Waals surface area contributed by atoms with Crippen LogP contribution >= 0.6 is 27.3 Å². The van der Waals surface area contributed by atoms with E-state index in [0.717, 1.165) is 47.0 Å². The van der Waals surface area contributed by atoms with E-state index in [-0.39, 0.29) is 11.9 Å². The summed E-state index contributed by atoms with van der Waals surface area (Å²) >= 11 is 5.17. The largest absolute Gasteiger partial charge is 0.346 e. The molecule has 1 aromatic heterocycles. The van der Waals surface area contributed by atoms with Crippen molar-refractivity contribution in [2.24, 2.45) is 0 Å². The van der Waals surface area contributed by atoms with E-state index >= 15 is 0 Å². The monoisotopic (exact) mass is 408 g/mol. The molecule has 24 heavy (non-hydrogen) atoms. The second-order valence-electron chi connectivity index (χ2n) is 5.99. The SMILES string of the molecule is Cc1ccc(NC(=O)C(C)N2CCN(c3nccs3)CC2)c(Br)c1. The Balaban J connectivity index is 1.56. The number of amides is 1. The van der Waals surface area contributed by atoms with Crippen LogP contribution in [0.5, 0.6) is 0 Å². The van der Waals surface area contributed by atoms with E-state index in [0.29, 0.717) is 0 Å². The maximum absolute atomic E-state index is 12.6. The highest BCUT2D eigenvalue weighted by molar-refractivity contribution is 9.10. The summed E-state index contributed by atoms with van der Waals surface area (Å²) in [6, 6.07) is 5.78. The molecule has 1 amide bonds. The van der Waals surface area contributed by atoms with Gasteiger partial charge in [-0.1, -0.05) is 6.07 Å². The summed E-state index contributed by atoms with van der Waals surface area (Å²) in [5.74, 6) is 0.0299. The third kappa shape index (κ3) is 3.96. The molecule has 1 aliphatic rings. The number of aromatic nitrogens is 1. The van der Waals surface area contributed by atoms with Gasteiger partial charge in [0.1, 0.15) is 0 Å². The summed E-state index contributed by atoms with van der Waals surface area (Å²) in [5.41, 5.74) is 1.98. The average molecular weight is 409 g/mol. The van der Waals surface area contributed by atoms with E-state index in [9.17, 15) is 4.79 Å². The molecule has 1 N–H and O–H groups in total. The van der Waals surface area contributed by atoms with Gasteiger partial charge in [-0.2, -0.15) is 0 Å². The van der Waals surface area contributed by atoms with Crippen LogP contribution in [0.3, 0.4) is 0 Å². The number of benzene rings is 1. The number of rotatable bonds is 4. The van der Waals surface area contributed by atoms with Crippen LogP contribution in [-0.4, -0.2) is 48.0 Å². The van der Waals surface area contributed by atoms with Crippen LogP contribution in [0.15, 0.2) is 34.2 Å². The molecule has 2 heterocycles. The third-order valence-electron chi connectivity index (χ3n) is 4.31. The van der Waals surface area contributed by atoms with E-state index < -0.39 is 0 Å². The molecule has 2 aromatic rings. The van der Waals surface area contributed by atoms with Gasteiger partial charge in [-0.15, -0.1) is 11.3 Å². The molecule has 1 aromatic carbocycles. The van der Waals surface area contributed by atoms with Crippen molar-refractivity contribution in [1.29, 1.82) is 0 Å². The number of piperazine rings is 1. The first-order valence-electron chi connectivity index (χ1n) is 8.00. The number of nitrogens with one attached hydrogen (secondary N) is 1. The van der Waals surface area contributed by atoms with E-state index in [1.807, 2.05) is 43.6 Å². The fourth-order valence-electron chi connectivity index (χ4n) is 2.80.